The number of nitrogens with zero attached hydrogens (tertiary/aromatic N) is 1. The molecule has 7 heteroatoms. The van der Waals surface area contributed by atoms with Gasteiger partial charge in [0, 0.05) is 6.42 Å². The van der Waals surface area contributed by atoms with Crippen molar-refractivity contribution in [3.63, 3.8) is 0 Å². The van der Waals surface area contributed by atoms with Gasteiger partial charge in [0.25, 0.3) is 0 Å². The van der Waals surface area contributed by atoms with Gasteiger partial charge in [-0.25, -0.2) is 4.98 Å². The Balaban J connectivity index is 1.94. The summed E-state index contributed by atoms with van der Waals surface area (Å²) >= 11 is 2.58. The third-order valence-corrected chi connectivity index (χ3v) is 9.21. The predicted molar refractivity (Wildman–Crippen MR) is 135 cm³/mol. The van der Waals surface area contributed by atoms with Gasteiger partial charge in [-0.3, -0.25) is 9.59 Å². The van der Waals surface area contributed by atoms with Crippen molar-refractivity contribution in [3.8, 4) is 0 Å². The number of hydrogen-bond acceptors (Lipinski definition) is 5. The maximum atomic E-state index is 12.9. The van der Waals surface area contributed by atoms with E-state index < -0.39 is 5.97 Å². The standard InChI is InChI=1S/C25H42N2O3S2/c1-16(2)7-8-19(17(3)18-9-11-20(12-10-18)25(4,5)6)13-21(28)27-24-26-14-23(32-24)31-15-22(29)30/h14,16-20H,7-13,15H2,1-6H3,(H,29,30)(H,26,27,28). The first-order chi connectivity index (χ1) is 15.0. The zero-order chi connectivity index (χ0) is 23.9. The van der Waals surface area contributed by atoms with Crippen LogP contribution in [0.1, 0.15) is 86.5 Å². The van der Waals surface area contributed by atoms with Crippen LogP contribution in [0.15, 0.2) is 10.4 Å². The van der Waals surface area contributed by atoms with Crippen molar-refractivity contribution in [3.05, 3.63) is 6.20 Å². The lowest BCUT2D eigenvalue weighted by Gasteiger charge is -2.40. The summed E-state index contributed by atoms with van der Waals surface area (Å²) in [6, 6.07) is 0. The van der Waals surface area contributed by atoms with Gasteiger partial charge in [0.05, 0.1) is 16.2 Å². The lowest BCUT2D eigenvalue weighted by molar-refractivity contribution is -0.133. The van der Waals surface area contributed by atoms with Gasteiger partial charge < -0.3 is 10.4 Å². The van der Waals surface area contributed by atoms with Gasteiger partial charge in [0.2, 0.25) is 5.91 Å². The van der Waals surface area contributed by atoms with Gasteiger partial charge in [-0.1, -0.05) is 59.3 Å². The number of carboxylic acid groups (broad SMARTS) is 1. The van der Waals surface area contributed by atoms with E-state index in [0.717, 1.165) is 23.0 Å². The quantitative estimate of drug-likeness (QED) is 0.326. The highest BCUT2D eigenvalue weighted by Gasteiger charge is 2.34. The van der Waals surface area contributed by atoms with Crippen molar-refractivity contribution in [1.82, 2.24) is 4.98 Å². The number of thiazole rings is 1. The van der Waals surface area contributed by atoms with Gasteiger partial charge in [-0.05, 0) is 67.1 Å². The second-order valence-corrected chi connectivity index (χ2v) is 13.3. The summed E-state index contributed by atoms with van der Waals surface area (Å²) in [7, 11) is 0. The van der Waals surface area contributed by atoms with Crippen LogP contribution >= 0.6 is 23.1 Å². The summed E-state index contributed by atoms with van der Waals surface area (Å²) in [4.78, 5) is 27.9. The molecule has 1 amide bonds. The zero-order valence-corrected chi connectivity index (χ0v) is 22.3. The van der Waals surface area contributed by atoms with Crippen LogP contribution in [0.5, 0.6) is 0 Å². The summed E-state index contributed by atoms with van der Waals surface area (Å²) in [5, 5.41) is 12.3. The van der Waals surface area contributed by atoms with E-state index >= 15 is 0 Å². The Bertz CT molecular complexity index is 734. The number of nitrogens with one attached hydrogen (secondary N) is 1. The largest absolute Gasteiger partial charge is 0.481 e. The van der Waals surface area contributed by atoms with Crippen LogP contribution in [0.3, 0.4) is 0 Å². The van der Waals surface area contributed by atoms with Crippen molar-refractivity contribution < 1.29 is 14.7 Å². The molecule has 2 rings (SSSR count). The van der Waals surface area contributed by atoms with E-state index in [2.05, 4.69) is 51.8 Å². The average molecular weight is 483 g/mol. The monoisotopic (exact) mass is 482 g/mol. The van der Waals surface area contributed by atoms with E-state index in [0.29, 0.717) is 40.6 Å². The lowest BCUT2D eigenvalue weighted by Crippen LogP contribution is -2.31. The first-order valence-corrected chi connectivity index (χ1v) is 13.9. The summed E-state index contributed by atoms with van der Waals surface area (Å²) in [5.74, 6) is 2.25. The molecular weight excluding hydrogens is 440 g/mol. The van der Waals surface area contributed by atoms with E-state index in [1.165, 1.54) is 48.8 Å². The minimum Gasteiger partial charge on any atom is -0.481 e. The molecule has 0 saturated heterocycles. The molecule has 5 nitrogen and oxygen atoms in total. The van der Waals surface area contributed by atoms with E-state index in [4.69, 9.17) is 5.11 Å². The van der Waals surface area contributed by atoms with Gasteiger partial charge >= 0.3 is 5.97 Å². The maximum Gasteiger partial charge on any atom is 0.313 e. The highest BCUT2D eigenvalue weighted by Crippen LogP contribution is 2.44. The Hall–Kier alpha value is -1.08. The van der Waals surface area contributed by atoms with E-state index in [9.17, 15) is 9.59 Å². The molecule has 0 aliphatic heterocycles. The Morgan fingerprint density at radius 3 is 2.41 bits per heavy atom. The van der Waals surface area contributed by atoms with Crippen molar-refractivity contribution >= 4 is 40.1 Å². The summed E-state index contributed by atoms with van der Waals surface area (Å²) in [6.07, 6.45) is 9.56. The fourth-order valence-electron chi connectivity index (χ4n) is 4.92. The highest BCUT2D eigenvalue weighted by molar-refractivity contribution is 8.01. The number of hydrogen-bond donors (Lipinski definition) is 2. The number of aromatic nitrogens is 1. The predicted octanol–water partition coefficient (Wildman–Crippen LogP) is 7.19. The Labute approximate surface area is 202 Å². The molecule has 0 aromatic carbocycles. The topological polar surface area (TPSA) is 79.3 Å². The number of aliphatic carboxylic acids is 1. The van der Waals surface area contributed by atoms with E-state index in [-0.39, 0.29) is 11.7 Å². The number of thioether (sulfide) groups is 1. The molecule has 0 spiro atoms. The van der Waals surface area contributed by atoms with Gasteiger partial charge in [0.1, 0.15) is 0 Å². The molecule has 0 radical (unpaired) electrons. The Kier molecular flexibility index (Phi) is 10.5. The number of anilines is 1. The molecule has 1 heterocycles. The average Bonchev–Trinajstić information content (AvgIpc) is 3.15. The molecule has 0 bridgehead atoms. The number of carbonyl (C=O) groups excluding carboxylic acids is 1. The number of carboxylic acids is 1. The third kappa shape index (κ3) is 9.05. The van der Waals surface area contributed by atoms with Gasteiger partial charge in [-0.2, -0.15) is 0 Å². The minimum absolute atomic E-state index is 0.00182. The lowest BCUT2D eigenvalue weighted by atomic mass is 9.65. The zero-order valence-electron chi connectivity index (χ0n) is 20.6. The first kappa shape index (κ1) is 27.2. The van der Waals surface area contributed by atoms with E-state index in [1.54, 1.807) is 6.20 Å². The molecule has 1 aromatic rings. The van der Waals surface area contributed by atoms with Crippen LogP contribution in [0, 0.1) is 35.0 Å². The first-order valence-electron chi connectivity index (χ1n) is 12.1. The van der Waals surface area contributed by atoms with Gasteiger partial charge in [0.15, 0.2) is 5.13 Å². The smallest absolute Gasteiger partial charge is 0.313 e. The fraction of sp³-hybridized carbons (Fsp3) is 0.800. The van der Waals surface area contributed by atoms with Crippen LogP contribution in [0.2, 0.25) is 0 Å². The molecule has 1 saturated carbocycles. The van der Waals surface area contributed by atoms with Crippen molar-refractivity contribution in [2.75, 3.05) is 11.1 Å². The van der Waals surface area contributed by atoms with Gasteiger partial charge in [-0.15, -0.1) is 11.8 Å². The molecule has 32 heavy (non-hydrogen) atoms. The molecule has 2 atom stereocenters. The fourth-order valence-corrected chi connectivity index (χ4v) is 6.53. The molecule has 1 fully saturated rings. The molecule has 2 unspecified atom stereocenters. The van der Waals surface area contributed by atoms with Crippen LogP contribution in [-0.4, -0.2) is 27.7 Å². The van der Waals surface area contributed by atoms with Crippen LogP contribution < -0.4 is 5.32 Å². The molecule has 1 aromatic heterocycles. The molecule has 182 valence electrons. The third-order valence-electron chi connectivity index (χ3n) is 7.11. The number of carbonyl (C=O) groups is 2. The van der Waals surface area contributed by atoms with Crippen molar-refractivity contribution in [2.24, 2.45) is 35.0 Å². The van der Waals surface area contributed by atoms with Crippen LogP contribution in [0.4, 0.5) is 5.13 Å². The normalized spacial score (nSPS) is 21.3. The summed E-state index contributed by atoms with van der Waals surface area (Å²) in [5.41, 5.74) is 0.389. The van der Waals surface area contributed by atoms with Crippen LogP contribution in [-0.2, 0) is 9.59 Å². The van der Waals surface area contributed by atoms with Crippen molar-refractivity contribution in [1.29, 1.82) is 0 Å². The summed E-state index contributed by atoms with van der Waals surface area (Å²) in [6.45, 7) is 14.0. The number of rotatable bonds is 11. The molecular formula is C25H42N2O3S2. The minimum atomic E-state index is -0.854. The highest BCUT2D eigenvalue weighted by atomic mass is 32.2. The second kappa shape index (κ2) is 12.4. The SMILES string of the molecule is CC(C)CCC(CC(=O)Nc1ncc(SCC(=O)O)s1)C(C)C1CCC(C(C)(C)C)CC1. The van der Waals surface area contributed by atoms with Crippen LogP contribution in [0.25, 0.3) is 0 Å². The Morgan fingerprint density at radius 1 is 1.19 bits per heavy atom. The molecule has 1 aliphatic rings. The Morgan fingerprint density at radius 2 is 1.84 bits per heavy atom. The second-order valence-electron chi connectivity index (χ2n) is 11.0. The van der Waals surface area contributed by atoms with Crippen molar-refractivity contribution in [2.45, 2.75) is 90.7 Å². The number of amides is 1. The molecule has 2 N–H and O–H groups in total. The summed E-state index contributed by atoms with van der Waals surface area (Å²) < 4.78 is 0.808. The van der Waals surface area contributed by atoms with E-state index in [1.807, 2.05) is 0 Å². The molecule has 1 aliphatic carbocycles. The maximum absolute atomic E-state index is 12.9.